The molecule has 4 saturated carbocycles. The van der Waals surface area contributed by atoms with Gasteiger partial charge in [0.2, 0.25) is 0 Å². The van der Waals surface area contributed by atoms with Crippen molar-refractivity contribution in [2.75, 3.05) is 0 Å². The van der Waals surface area contributed by atoms with Crippen LogP contribution >= 0.6 is 0 Å². The van der Waals surface area contributed by atoms with Crippen LogP contribution in [-0.4, -0.2) is 10.7 Å². The van der Waals surface area contributed by atoms with E-state index in [9.17, 15) is 5.11 Å². The van der Waals surface area contributed by atoms with Gasteiger partial charge >= 0.3 is 0 Å². The molecule has 12 heavy (non-hydrogen) atoms. The summed E-state index contributed by atoms with van der Waals surface area (Å²) in [6.07, 6.45) is 7.51. The Bertz CT molecular complexity index is 187. The summed E-state index contributed by atoms with van der Waals surface area (Å²) in [7, 11) is 0. The third-order valence-corrected chi connectivity index (χ3v) is 4.32. The van der Waals surface area contributed by atoms with Crippen LogP contribution < -0.4 is 0 Å². The fourth-order valence-electron chi connectivity index (χ4n) is 4.67. The van der Waals surface area contributed by atoms with Crippen LogP contribution in [0.3, 0.4) is 0 Å². The quantitative estimate of drug-likeness (QED) is 0.585. The Balaban J connectivity index is 1.98. The first-order valence-corrected chi connectivity index (χ1v) is 5.29. The predicted molar refractivity (Wildman–Crippen MR) is 47.7 cm³/mol. The van der Waals surface area contributed by atoms with E-state index < -0.39 is 0 Å². The summed E-state index contributed by atoms with van der Waals surface area (Å²) in [5.74, 6) is 1.72. The van der Waals surface area contributed by atoms with Gasteiger partial charge in [0.05, 0.1) is 5.60 Å². The number of aliphatic hydroxyl groups is 1. The van der Waals surface area contributed by atoms with Crippen LogP contribution in [-0.2, 0) is 0 Å². The minimum absolute atomic E-state index is 0.237. The molecule has 1 heteroatoms. The van der Waals surface area contributed by atoms with Gasteiger partial charge < -0.3 is 5.11 Å². The van der Waals surface area contributed by atoms with E-state index in [1.54, 1.807) is 0 Å². The normalized spacial score (nSPS) is 62.5. The molecule has 1 nitrogen and oxygen atoms in total. The van der Waals surface area contributed by atoms with Crippen LogP contribution in [0, 0.1) is 17.3 Å². The van der Waals surface area contributed by atoms with Crippen molar-refractivity contribution in [3.05, 3.63) is 0 Å². The lowest BCUT2D eigenvalue weighted by Crippen LogP contribution is -2.54. The molecule has 0 unspecified atom stereocenters. The van der Waals surface area contributed by atoms with Gasteiger partial charge in [0, 0.05) is 0 Å². The van der Waals surface area contributed by atoms with Crippen LogP contribution in [0.5, 0.6) is 0 Å². The van der Waals surface area contributed by atoms with Gasteiger partial charge in [-0.05, 0) is 55.8 Å². The van der Waals surface area contributed by atoms with E-state index in [1.165, 1.54) is 19.3 Å². The van der Waals surface area contributed by atoms with E-state index in [1.807, 2.05) is 0 Å². The summed E-state index contributed by atoms with van der Waals surface area (Å²) in [4.78, 5) is 0. The Morgan fingerprint density at radius 3 is 2.08 bits per heavy atom. The average Bonchev–Trinajstić information content (AvgIpc) is 1.75. The van der Waals surface area contributed by atoms with Crippen molar-refractivity contribution in [2.45, 2.75) is 51.0 Å². The molecule has 4 aliphatic rings. The lowest BCUT2D eigenvalue weighted by Gasteiger charge is -2.59. The Hall–Kier alpha value is -0.0400. The van der Waals surface area contributed by atoms with Crippen molar-refractivity contribution in [2.24, 2.45) is 17.3 Å². The largest absolute Gasteiger partial charge is 0.390 e. The molecule has 4 aliphatic carbocycles. The Labute approximate surface area is 74.2 Å². The summed E-state index contributed by atoms with van der Waals surface area (Å²) in [5, 5.41) is 10.3. The molecule has 68 valence electrons. The minimum Gasteiger partial charge on any atom is -0.390 e. The summed E-state index contributed by atoms with van der Waals surface area (Å²) in [5.41, 5.74) is 0.275. The number of hydrogen-bond donors (Lipinski definition) is 1. The number of hydrogen-bond acceptors (Lipinski definition) is 1. The van der Waals surface area contributed by atoms with Crippen molar-refractivity contribution in [3.63, 3.8) is 0 Å². The SMILES string of the molecule is CC12C[C@H]3C[C@H](C1)CC(O)(C3)C2. The van der Waals surface area contributed by atoms with Crippen molar-refractivity contribution in [1.29, 1.82) is 0 Å². The molecule has 0 radical (unpaired) electrons. The standard InChI is InChI=1S/C11H18O/c1-10-3-8-2-9(4-10)6-11(12,5-8)7-10/h8-9,12H,2-7H2,1H3/t8-,9-,10?,11?/m1/s1. The monoisotopic (exact) mass is 166 g/mol. The predicted octanol–water partition coefficient (Wildman–Crippen LogP) is 2.34. The second-order valence-corrected chi connectivity index (χ2v) is 6.00. The molecule has 4 bridgehead atoms. The highest BCUT2D eigenvalue weighted by Gasteiger charge is 2.54. The highest BCUT2D eigenvalue weighted by Crippen LogP contribution is 2.61. The van der Waals surface area contributed by atoms with Crippen molar-refractivity contribution < 1.29 is 5.11 Å². The van der Waals surface area contributed by atoms with E-state index in [2.05, 4.69) is 6.92 Å². The van der Waals surface area contributed by atoms with Gasteiger partial charge in [-0.3, -0.25) is 0 Å². The minimum atomic E-state index is -0.237. The molecule has 2 atom stereocenters. The molecule has 4 fully saturated rings. The maximum atomic E-state index is 10.3. The topological polar surface area (TPSA) is 20.2 Å². The molecule has 0 heterocycles. The maximum absolute atomic E-state index is 10.3. The molecule has 0 aromatic rings. The molecule has 1 N–H and O–H groups in total. The van der Waals surface area contributed by atoms with Crippen molar-refractivity contribution in [3.8, 4) is 0 Å². The van der Waals surface area contributed by atoms with Gasteiger partial charge in [-0.15, -0.1) is 0 Å². The molecule has 0 saturated heterocycles. The van der Waals surface area contributed by atoms with E-state index in [0.29, 0.717) is 5.41 Å². The summed E-state index contributed by atoms with van der Waals surface area (Å²) >= 11 is 0. The lowest BCUT2D eigenvalue weighted by molar-refractivity contribution is -0.157. The highest BCUT2D eigenvalue weighted by molar-refractivity contribution is 5.06. The Kier molecular flexibility index (Phi) is 1.16. The van der Waals surface area contributed by atoms with E-state index >= 15 is 0 Å². The first kappa shape index (κ1) is 7.37. The summed E-state index contributed by atoms with van der Waals surface area (Å²) in [6, 6.07) is 0. The first-order valence-electron chi connectivity index (χ1n) is 5.29. The van der Waals surface area contributed by atoms with Crippen LogP contribution in [0.2, 0.25) is 0 Å². The second kappa shape index (κ2) is 1.89. The summed E-state index contributed by atoms with van der Waals surface area (Å²) in [6.45, 7) is 2.38. The maximum Gasteiger partial charge on any atom is 0.0658 e. The van der Waals surface area contributed by atoms with Gasteiger partial charge in [-0.25, -0.2) is 0 Å². The van der Waals surface area contributed by atoms with Crippen molar-refractivity contribution in [1.82, 2.24) is 0 Å². The molecule has 0 aliphatic heterocycles. The fraction of sp³-hybridized carbons (Fsp3) is 1.00. The molecule has 0 amide bonds. The Morgan fingerprint density at radius 1 is 1.08 bits per heavy atom. The average molecular weight is 166 g/mol. The fourth-order valence-corrected chi connectivity index (χ4v) is 4.67. The molecular weight excluding hydrogens is 148 g/mol. The first-order chi connectivity index (χ1) is 5.57. The van der Waals surface area contributed by atoms with Crippen LogP contribution in [0.1, 0.15) is 45.4 Å². The highest BCUT2D eigenvalue weighted by atomic mass is 16.3. The van der Waals surface area contributed by atoms with E-state index in [4.69, 9.17) is 0 Å². The number of rotatable bonds is 0. The van der Waals surface area contributed by atoms with Gasteiger partial charge in [0.25, 0.3) is 0 Å². The summed E-state index contributed by atoms with van der Waals surface area (Å²) < 4.78 is 0. The molecule has 0 spiro atoms. The zero-order valence-electron chi connectivity index (χ0n) is 7.84. The van der Waals surface area contributed by atoms with Gasteiger partial charge in [-0.2, -0.15) is 0 Å². The van der Waals surface area contributed by atoms with Gasteiger partial charge in [0.15, 0.2) is 0 Å². The molecule has 0 aromatic carbocycles. The van der Waals surface area contributed by atoms with E-state index in [0.717, 1.165) is 31.1 Å². The van der Waals surface area contributed by atoms with Gasteiger partial charge in [0.1, 0.15) is 0 Å². The Morgan fingerprint density at radius 2 is 1.67 bits per heavy atom. The molecular formula is C11H18O. The zero-order chi connectivity index (χ0) is 8.40. The van der Waals surface area contributed by atoms with Crippen LogP contribution in [0.4, 0.5) is 0 Å². The van der Waals surface area contributed by atoms with E-state index in [-0.39, 0.29) is 5.60 Å². The lowest BCUT2D eigenvalue weighted by atomic mass is 9.48. The van der Waals surface area contributed by atoms with Crippen LogP contribution in [0.25, 0.3) is 0 Å². The second-order valence-electron chi connectivity index (χ2n) is 6.00. The molecule has 4 rings (SSSR count). The third-order valence-electron chi connectivity index (χ3n) is 4.32. The third kappa shape index (κ3) is 0.891. The zero-order valence-corrected chi connectivity index (χ0v) is 7.84. The van der Waals surface area contributed by atoms with Crippen molar-refractivity contribution >= 4 is 0 Å². The van der Waals surface area contributed by atoms with Gasteiger partial charge in [-0.1, -0.05) is 6.92 Å². The molecule has 0 aromatic heterocycles. The van der Waals surface area contributed by atoms with Crippen LogP contribution in [0.15, 0.2) is 0 Å². The smallest absolute Gasteiger partial charge is 0.0658 e.